The summed E-state index contributed by atoms with van der Waals surface area (Å²) in [7, 11) is 0. The first-order chi connectivity index (χ1) is 7.04. The molecule has 0 fully saturated rings. The first-order valence-electron chi connectivity index (χ1n) is 4.74. The van der Waals surface area contributed by atoms with E-state index in [2.05, 4.69) is 13.8 Å². The Morgan fingerprint density at radius 3 is 2.80 bits per heavy atom. The normalized spacial score (nSPS) is 12.5. The third-order valence-electron chi connectivity index (χ3n) is 2.08. The van der Waals surface area contributed by atoms with E-state index >= 15 is 0 Å². The Morgan fingerprint density at radius 1 is 1.60 bits per heavy atom. The molecule has 0 spiro atoms. The molecule has 1 aromatic rings. The molecule has 1 atom stereocenters. The Morgan fingerprint density at radius 2 is 2.27 bits per heavy atom. The maximum atomic E-state index is 11.0. The van der Waals surface area contributed by atoms with Crippen LogP contribution in [0.25, 0.3) is 0 Å². The van der Waals surface area contributed by atoms with Gasteiger partial charge in [-0.2, -0.15) is 0 Å². The predicted molar refractivity (Wildman–Crippen MR) is 64.0 cm³/mol. The van der Waals surface area contributed by atoms with Crippen LogP contribution in [0.5, 0.6) is 0 Å². The number of benzene rings is 1. The fourth-order valence-electron chi connectivity index (χ4n) is 1.07. The molecule has 15 heavy (non-hydrogen) atoms. The highest BCUT2D eigenvalue weighted by atomic mass is 35.5. The number of thioether (sulfide) groups is 1. The first-order valence-corrected chi connectivity index (χ1v) is 5.99. The number of carboxylic acid groups (broad SMARTS) is 1. The van der Waals surface area contributed by atoms with Crippen LogP contribution in [0.4, 0.5) is 0 Å². The van der Waals surface area contributed by atoms with Gasteiger partial charge in [-0.25, -0.2) is 4.79 Å². The highest BCUT2D eigenvalue weighted by molar-refractivity contribution is 8.00. The number of carboxylic acids is 1. The van der Waals surface area contributed by atoms with Gasteiger partial charge in [0.05, 0.1) is 5.56 Å². The molecular formula is C11H13ClO2S. The average molecular weight is 245 g/mol. The maximum Gasteiger partial charge on any atom is 0.336 e. The van der Waals surface area contributed by atoms with E-state index in [-0.39, 0.29) is 5.56 Å². The molecule has 1 rings (SSSR count). The van der Waals surface area contributed by atoms with Crippen LogP contribution in [0.1, 0.15) is 30.6 Å². The smallest absolute Gasteiger partial charge is 0.336 e. The number of carbonyl (C=O) groups is 1. The summed E-state index contributed by atoms with van der Waals surface area (Å²) in [5.74, 6) is -0.927. The van der Waals surface area contributed by atoms with Crippen molar-refractivity contribution in [2.45, 2.75) is 30.4 Å². The Balaban J connectivity index is 3.01. The van der Waals surface area contributed by atoms with Gasteiger partial charge in [-0.3, -0.25) is 0 Å². The van der Waals surface area contributed by atoms with E-state index in [0.29, 0.717) is 10.3 Å². The van der Waals surface area contributed by atoms with Crippen molar-refractivity contribution >= 4 is 29.3 Å². The molecule has 2 nitrogen and oxygen atoms in total. The van der Waals surface area contributed by atoms with Gasteiger partial charge in [0.25, 0.3) is 0 Å². The van der Waals surface area contributed by atoms with E-state index in [1.807, 2.05) is 0 Å². The van der Waals surface area contributed by atoms with E-state index in [1.165, 1.54) is 6.07 Å². The minimum atomic E-state index is -0.927. The highest BCUT2D eigenvalue weighted by Crippen LogP contribution is 2.30. The van der Waals surface area contributed by atoms with E-state index in [1.54, 1.807) is 23.9 Å². The zero-order valence-electron chi connectivity index (χ0n) is 8.66. The molecule has 0 amide bonds. The molecule has 4 heteroatoms. The second-order valence-corrected chi connectivity index (χ2v) is 5.20. The van der Waals surface area contributed by atoms with Crippen molar-refractivity contribution in [3.63, 3.8) is 0 Å². The molecule has 1 N–H and O–H groups in total. The van der Waals surface area contributed by atoms with Crippen LogP contribution in [0.3, 0.4) is 0 Å². The SMILES string of the molecule is CCC(C)Sc1ccc(Cl)cc1C(=O)O. The maximum absolute atomic E-state index is 11.0. The van der Waals surface area contributed by atoms with E-state index in [0.717, 1.165) is 11.3 Å². The van der Waals surface area contributed by atoms with E-state index in [4.69, 9.17) is 16.7 Å². The van der Waals surface area contributed by atoms with Crippen LogP contribution in [0, 0.1) is 0 Å². The predicted octanol–water partition coefficient (Wildman–Crippen LogP) is 3.93. The molecule has 1 aromatic carbocycles. The Hall–Kier alpha value is -0.670. The molecule has 0 bridgehead atoms. The third-order valence-corrected chi connectivity index (χ3v) is 3.66. The fourth-order valence-corrected chi connectivity index (χ4v) is 2.26. The number of halogens is 1. The quantitative estimate of drug-likeness (QED) is 0.816. The average Bonchev–Trinajstić information content (AvgIpc) is 2.20. The van der Waals surface area contributed by atoms with Gasteiger partial charge in [-0.05, 0) is 24.6 Å². The monoisotopic (exact) mass is 244 g/mol. The van der Waals surface area contributed by atoms with Gasteiger partial charge >= 0.3 is 5.97 Å². The lowest BCUT2D eigenvalue weighted by atomic mass is 10.2. The molecule has 0 aliphatic carbocycles. The summed E-state index contributed by atoms with van der Waals surface area (Å²) in [6.45, 7) is 4.15. The lowest BCUT2D eigenvalue weighted by Crippen LogP contribution is -2.01. The van der Waals surface area contributed by atoms with Crippen LogP contribution in [0.15, 0.2) is 23.1 Å². The van der Waals surface area contributed by atoms with Crippen molar-refractivity contribution in [3.8, 4) is 0 Å². The number of rotatable bonds is 4. The van der Waals surface area contributed by atoms with Crippen LogP contribution >= 0.6 is 23.4 Å². The van der Waals surface area contributed by atoms with Gasteiger partial charge in [-0.1, -0.05) is 25.4 Å². The second-order valence-electron chi connectivity index (χ2n) is 3.28. The molecule has 82 valence electrons. The summed E-state index contributed by atoms with van der Waals surface area (Å²) in [6, 6.07) is 4.98. The lowest BCUT2D eigenvalue weighted by Gasteiger charge is -2.10. The van der Waals surface area contributed by atoms with Crippen molar-refractivity contribution in [2.75, 3.05) is 0 Å². The summed E-state index contributed by atoms with van der Waals surface area (Å²) in [4.78, 5) is 11.8. The van der Waals surface area contributed by atoms with Gasteiger partial charge in [0.15, 0.2) is 0 Å². The molecule has 0 saturated heterocycles. The summed E-state index contributed by atoms with van der Waals surface area (Å²) in [5, 5.41) is 9.87. The summed E-state index contributed by atoms with van der Waals surface area (Å²) in [6.07, 6.45) is 1.01. The minimum Gasteiger partial charge on any atom is -0.478 e. The van der Waals surface area contributed by atoms with Gasteiger partial charge in [0.2, 0.25) is 0 Å². The van der Waals surface area contributed by atoms with Crippen LogP contribution in [-0.2, 0) is 0 Å². The van der Waals surface area contributed by atoms with Gasteiger partial charge in [-0.15, -0.1) is 11.8 Å². The van der Waals surface area contributed by atoms with Gasteiger partial charge in [0, 0.05) is 15.2 Å². The molecule has 0 radical (unpaired) electrons. The van der Waals surface area contributed by atoms with Crippen LogP contribution in [-0.4, -0.2) is 16.3 Å². The van der Waals surface area contributed by atoms with Gasteiger partial charge < -0.3 is 5.11 Å². The standard InChI is InChI=1S/C11H13ClO2S/c1-3-7(2)15-10-5-4-8(12)6-9(10)11(13)14/h4-7H,3H2,1-2H3,(H,13,14). The number of aromatic carboxylic acids is 1. The number of hydrogen-bond donors (Lipinski definition) is 1. The van der Waals surface area contributed by atoms with Crippen molar-refractivity contribution in [1.82, 2.24) is 0 Å². The van der Waals surface area contributed by atoms with Crippen molar-refractivity contribution < 1.29 is 9.90 Å². The number of hydrogen-bond acceptors (Lipinski definition) is 2. The molecule has 1 unspecified atom stereocenters. The first kappa shape index (κ1) is 12.4. The fraction of sp³-hybridized carbons (Fsp3) is 0.364. The Bertz CT molecular complexity index is 366. The zero-order chi connectivity index (χ0) is 11.4. The van der Waals surface area contributed by atoms with Crippen molar-refractivity contribution in [1.29, 1.82) is 0 Å². The van der Waals surface area contributed by atoms with E-state index in [9.17, 15) is 4.79 Å². The molecule has 0 heterocycles. The topological polar surface area (TPSA) is 37.3 Å². The lowest BCUT2D eigenvalue weighted by molar-refractivity contribution is 0.0693. The summed E-state index contributed by atoms with van der Waals surface area (Å²) in [5.41, 5.74) is 0.285. The summed E-state index contributed by atoms with van der Waals surface area (Å²) >= 11 is 7.33. The molecule has 0 aliphatic rings. The van der Waals surface area contributed by atoms with Crippen molar-refractivity contribution in [2.24, 2.45) is 0 Å². The largest absolute Gasteiger partial charge is 0.478 e. The minimum absolute atomic E-state index is 0.285. The molecule has 0 aliphatic heterocycles. The summed E-state index contributed by atoms with van der Waals surface area (Å²) < 4.78 is 0. The molecular weight excluding hydrogens is 232 g/mol. The van der Waals surface area contributed by atoms with Gasteiger partial charge in [0.1, 0.15) is 0 Å². The third kappa shape index (κ3) is 3.43. The van der Waals surface area contributed by atoms with Crippen LogP contribution < -0.4 is 0 Å². The van der Waals surface area contributed by atoms with Crippen LogP contribution in [0.2, 0.25) is 5.02 Å². The second kappa shape index (κ2) is 5.42. The van der Waals surface area contributed by atoms with Crippen molar-refractivity contribution in [3.05, 3.63) is 28.8 Å². The molecule has 0 saturated carbocycles. The molecule has 0 aromatic heterocycles. The van der Waals surface area contributed by atoms with E-state index < -0.39 is 5.97 Å². The Labute approximate surface area is 98.6 Å². The zero-order valence-corrected chi connectivity index (χ0v) is 10.2. The Kier molecular flexibility index (Phi) is 4.48. The highest BCUT2D eigenvalue weighted by Gasteiger charge is 2.13.